The second kappa shape index (κ2) is 9.82. The normalized spacial score (nSPS) is 16.8. The van der Waals surface area contributed by atoms with E-state index in [-0.39, 0.29) is 23.6 Å². The molecule has 3 heterocycles. The van der Waals surface area contributed by atoms with Gasteiger partial charge < -0.3 is 14.9 Å². The minimum Gasteiger partial charge on any atom is -0.387 e. The van der Waals surface area contributed by atoms with Gasteiger partial charge in [0.05, 0.1) is 16.9 Å². The Balaban J connectivity index is 1.44. The molecule has 1 saturated heterocycles. The van der Waals surface area contributed by atoms with E-state index in [0.29, 0.717) is 31.0 Å². The van der Waals surface area contributed by atoms with Crippen molar-refractivity contribution in [3.05, 3.63) is 76.3 Å². The maximum atomic E-state index is 13.0. The van der Waals surface area contributed by atoms with Crippen molar-refractivity contribution in [3.63, 3.8) is 0 Å². The van der Waals surface area contributed by atoms with Gasteiger partial charge in [-0.1, -0.05) is 35.9 Å². The molecular formula is C28H32N6O3. The van der Waals surface area contributed by atoms with Crippen LogP contribution >= 0.6 is 0 Å². The number of aliphatic hydroxyl groups excluding tert-OH is 1. The van der Waals surface area contributed by atoms with E-state index in [1.165, 1.54) is 5.56 Å². The molecule has 4 aromatic rings. The van der Waals surface area contributed by atoms with E-state index in [9.17, 15) is 14.7 Å². The first-order valence-electron chi connectivity index (χ1n) is 12.5. The molecule has 2 atom stereocenters. The van der Waals surface area contributed by atoms with Gasteiger partial charge in [-0.15, -0.1) is 0 Å². The minimum atomic E-state index is -0.473. The van der Waals surface area contributed by atoms with E-state index in [0.717, 1.165) is 22.2 Å². The molecule has 2 aromatic heterocycles. The van der Waals surface area contributed by atoms with Gasteiger partial charge in [0, 0.05) is 50.7 Å². The molecule has 0 radical (unpaired) electrons. The largest absolute Gasteiger partial charge is 0.387 e. The zero-order chi connectivity index (χ0) is 26.3. The summed E-state index contributed by atoms with van der Waals surface area (Å²) in [6.45, 7) is 7.39. The molecule has 1 unspecified atom stereocenters. The Morgan fingerprint density at radius 1 is 1.11 bits per heavy atom. The first-order chi connectivity index (χ1) is 17.8. The second-order valence-corrected chi connectivity index (χ2v) is 9.81. The van der Waals surface area contributed by atoms with Gasteiger partial charge in [-0.05, 0) is 44.0 Å². The van der Waals surface area contributed by atoms with Crippen molar-refractivity contribution in [2.75, 3.05) is 31.1 Å². The van der Waals surface area contributed by atoms with Gasteiger partial charge in [-0.2, -0.15) is 0 Å². The number of fused-ring (bicyclic) bond motifs is 1. The lowest BCUT2D eigenvalue weighted by molar-refractivity contribution is -0.136. The first-order valence-corrected chi connectivity index (χ1v) is 12.5. The number of anilines is 1. The number of hydrogen-bond donors (Lipinski definition) is 1. The molecule has 1 amide bonds. The fraction of sp³-hybridized carbons (Fsp3) is 0.357. The summed E-state index contributed by atoms with van der Waals surface area (Å²) in [7, 11) is 1.81. The van der Waals surface area contributed by atoms with Crippen LogP contribution in [-0.4, -0.2) is 67.5 Å². The van der Waals surface area contributed by atoms with E-state index in [2.05, 4.69) is 46.9 Å². The summed E-state index contributed by atoms with van der Waals surface area (Å²) in [6, 6.07) is 14.1. The Morgan fingerprint density at radius 3 is 2.54 bits per heavy atom. The zero-order valence-corrected chi connectivity index (χ0v) is 21.6. The van der Waals surface area contributed by atoms with Crippen LogP contribution in [0.3, 0.4) is 0 Å². The molecule has 37 heavy (non-hydrogen) atoms. The van der Waals surface area contributed by atoms with Crippen LogP contribution in [0.15, 0.2) is 59.7 Å². The number of carbonyl (C=O) groups excluding carboxylic acids is 1. The number of amides is 1. The van der Waals surface area contributed by atoms with Gasteiger partial charge in [0.1, 0.15) is 6.61 Å². The zero-order valence-electron chi connectivity index (χ0n) is 21.6. The Labute approximate surface area is 215 Å². The molecule has 2 aromatic carbocycles. The summed E-state index contributed by atoms with van der Waals surface area (Å²) in [5.74, 6) is 0.354. The monoisotopic (exact) mass is 500 g/mol. The highest BCUT2D eigenvalue weighted by molar-refractivity contribution is 5.84. The van der Waals surface area contributed by atoms with Gasteiger partial charge in [-0.25, -0.2) is 9.97 Å². The lowest BCUT2D eigenvalue weighted by Crippen LogP contribution is -2.55. The molecule has 0 saturated carbocycles. The molecule has 5 rings (SSSR count). The van der Waals surface area contributed by atoms with Gasteiger partial charge >= 0.3 is 0 Å². The summed E-state index contributed by atoms with van der Waals surface area (Å²) in [6.07, 6.45) is 3.60. The summed E-state index contributed by atoms with van der Waals surface area (Å²) in [5.41, 5.74) is 4.95. The maximum absolute atomic E-state index is 13.0. The first kappa shape index (κ1) is 24.7. The second-order valence-electron chi connectivity index (χ2n) is 9.81. The van der Waals surface area contributed by atoms with Crippen molar-refractivity contribution in [1.29, 1.82) is 0 Å². The highest BCUT2D eigenvalue weighted by atomic mass is 16.3. The Kier molecular flexibility index (Phi) is 6.55. The number of aryl methyl sites for hydroxylation is 1. The molecule has 1 aliphatic heterocycles. The molecule has 0 bridgehead atoms. The average Bonchev–Trinajstić information content (AvgIpc) is 3.16. The summed E-state index contributed by atoms with van der Waals surface area (Å²) >= 11 is 0. The van der Waals surface area contributed by atoms with E-state index >= 15 is 0 Å². The number of carbonyl (C=O) groups is 1. The number of piperazine rings is 1. The third kappa shape index (κ3) is 4.51. The molecule has 9 nitrogen and oxygen atoms in total. The number of nitrogens with zero attached hydrogens (tertiary/aromatic N) is 6. The molecular weight excluding hydrogens is 468 g/mol. The number of benzene rings is 2. The lowest BCUT2D eigenvalue weighted by Gasteiger charge is -2.39. The van der Waals surface area contributed by atoms with Crippen molar-refractivity contribution < 1.29 is 9.90 Å². The van der Waals surface area contributed by atoms with Crippen LogP contribution in [-0.2, 0) is 11.8 Å². The highest BCUT2D eigenvalue weighted by Gasteiger charge is 2.28. The minimum absolute atomic E-state index is 0.0256. The van der Waals surface area contributed by atoms with Gasteiger partial charge in [0.2, 0.25) is 11.9 Å². The molecule has 1 fully saturated rings. The number of rotatable bonds is 5. The number of aromatic nitrogens is 4. The smallest absolute Gasteiger partial charge is 0.274 e. The van der Waals surface area contributed by atoms with Crippen molar-refractivity contribution in [3.8, 4) is 11.1 Å². The van der Waals surface area contributed by atoms with Gasteiger partial charge in [0.15, 0.2) is 0 Å². The van der Waals surface area contributed by atoms with Crippen LogP contribution in [0, 0.1) is 6.92 Å². The quantitative estimate of drug-likeness (QED) is 0.453. The average molecular weight is 501 g/mol. The molecule has 192 valence electrons. The fourth-order valence-electron chi connectivity index (χ4n) is 5.29. The standard InChI is InChI=1S/C28H32N6O3/c1-18-6-5-7-21(12-18)20(3)34-25-13-22(8-9-24(25)27(37)31(34)4)23-14-29-28(30-15-23)32-10-11-33(19(2)16-32)26(36)17-35/h5-9,12-15,19-20,35H,10-11,16-17H2,1-4H3/t19-,20?/m1/s1. The maximum Gasteiger partial charge on any atom is 0.274 e. The van der Waals surface area contributed by atoms with E-state index in [1.807, 2.05) is 35.9 Å². The third-order valence-electron chi connectivity index (χ3n) is 7.32. The molecule has 0 aliphatic carbocycles. The molecule has 9 heteroatoms. The Morgan fingerprint density at radius 2 is 1.86 bits per heavy atom. The van der Waals surface area contributed by atoms with Crippen LogP contribution in [0.25, 0.3) is 22.0 Å². The van der Waals surface area contributed by atoms with Crippen molar-refractivity contribution in [2.24, 2.45) is 7.05 Å². The Hall–Kier alpha value is -3.98. The van der Waals surface area contributed by atoms with Crippen molar-refractivity contribution >= 4 is 22.8 Å². The van der Waals surface area contributed by atoms with Crippen LogP contribution in [0.2, 0.25) is 0 Å². The SMILES string of the molecule is Cc1cccc(C(C)n2c3cc(-c4cnc(N5CCN(C(=O)CO)[C@H](C)C5)nc4)ccc3c(=O)n2C)c1. The number of aliphatic hydroxyl groups is 1. The van der Waals surface area contributed by atoms with E-state index in [4.69, 9.17) is 0 Å². The summed E-state index contributed by atoms with van der Waals surface area (Å²) in [4.78, 5) is 37.9. The van der Waals surface area contributed by atoms with Crippen LogP contribution in [0.5, 0.6) is 0 Å². The topological polar surface area (TPSA) is 96.5 Å². The van der Waals surface area contributed by atoms with E-state index < -0.39 is 6.61 Å². The fourth-order valence-corrected chi connectivity index (χ4v) is 5.29. The third-order valence-corrected chi connectivity index (χ3v) is 7.32. The molecule has 1 N–H and O–H groups in total. The predicted octanol–water partition coefficient (Wildman–Crippen LogP) is 2.74. The van der Waals surface area contributed by atoms with Crippen molar-refractivity contribution in [2.45, 2.75) is 32.9 Å². The van der Waals surface area contributed by atoms with Crippen LogP contribution in [0.4, 0.5) is 5.95 Å². The number of hydrogen-bond acceptors (Lipinski definition) is 6. The predicted molar refractivity (Wildman–Crippen MR) is 144 cm³/mol. The Bertz CT molecular complexity index is 1510. The summed E-state index contributed by atoms with van der Waals surface area (Å²) in [5, 5.41) is 9.85. The van der Waals surface area contributed by atoms with Gasteiger partial charge in [0.25, 0.3) is 5.56 Å². The highest BCUT2D eigenvalue weighted by Crippen LogP contribution is 2.28. The van der Waals surface area contributed by atoms with Gasteiger partial charge in [-0.3, -0.25) is 19.0 Å². The van der Waals surface area contributed by atoms with E-state index in [1.54, 1.807) is 29.0 Å². The lowest BCUT2D eigenvalue weighted by atomic mass is 10.0. The van der Waals surface area contributed by atoms with Crippen LogP contribution < -0.4 is 10.5 Å². The molecule has 1 aliphatic rings. The van der Waals surface area contributed by atoms with Crippen molar-refractivity contribution in [1.82, 2.24) is 24.2 Å². The molecule has 0 spiro atoms. The summed E-state index contributed by atoms with van der Waals surface area (Å²) < 4.78 is 3.73. The van der Waals surface area contributed by atoms with Crippen LogP contribution in [0.1, 0.15) is 31.0 Å².